The fourth-order valence-corrected chi connectivity index (χ4v) is 1.65. The van der Waals surface area contributed by atoms with Crippen molar-refractivity contribution in [3.8, 4) is 22.8 Å². The second-order valence-corrected chi connectivity index (χ2v) is 3.79. The molecule has 0 spiro atoms. The summed E-state index contributed by atoms with van der Waals surface area (Å²) in [4.78, 5) is 10.7. The van der Waals surface area contributed by atoms with Crippen LogP contribution in [0.5, 0.6) is 11.5 Å². The zero-order chi connectivity index (χ0) is 13.3. The number of aromatic nitrogens is 1. The molecule has 0 saturated carbocycles. The van der Waals surface area contributed by atoms with E-state index in [-0.39, 0.29) is 28.0 Å². The van der Waals surface area contributed by atoms with Crippen molar-refractivity contribution in [1.29, 1.82) is 0 Å². The van der Waals surface area contributed by atoms with E-state index in [1.165, 1.54) is 25.3 Å². The first-order valence-corrected chi connectivity index (χ1v) is 5.17. The molecule has 0 amide bonds. The molecule has 0 saturated heterocycles. The standard InChI is InChI=1S/C11H8ClNO5/c1-17-10-3-6(12)5(2-8(10)14)9-4-7(11(15)16)13-18-9/h2-4,14H,1H3,(H,15,16). The van der Waals surface area contributed by atoms with Crippen LogP contribution in [-0.4, -0.2) is 28.4 Å². The number of phenolic OH excluding ortho intramolecular Hbond substituents is 1. The first-order valence-electron chi connectivity index (χ1n) is 4.80. The molecule has 2 aromatic rings. The van der Waals surface area contributed by atoms with Gasteiger partial charge in [-0.2, -0.15) is 0 Å². The molecule has 1 aromatic heterocycles. The molecule has 94 valence electrons. The lowest BCUT2D eigenvalue weighted by Crippen LogP contribution is -1.94. The smallest absolute Gasteiger partial charge is 0.358 e. The van der Waals surface area contributed by atoms with Crippen molar-refractivity contribution in [3.63, 3.8) is 0 Å². The summed E-state index contributed by atoms with van der Waals surface area (Å²) >= 11 is 5.98. The van der Waals surface area contributed by atoms with Crippen molar-refractivity contribution >= 4 is 17.6 Å². The maximum Gasteiger partial charge on any atom is 0.358 e. The summed E-state index contributed by atoms with van der Waals surface area (Å²) in [7, 11) is 1.39. The number of hydrogen-bond acceptors (Lipinski definition) is 5. The largest absolute Gasteiger partial charge is 0.504 e. The second-order valence-electron chi connectivity index (χ2n) is 3.39. The summed E-state index contributed by atoms with van der Waals surface area (Å²) in [6, 6.07) is 3.93. The van der Waals surface area contributed by atoms with Gasteiger partial charge in [-0.05, 0) is 6.07 Å². The van der Waals surface area contributed by atoms with Gasteiger partial charge >= 0.3 is 5.97 Å². The lowest BCUT2D eigenvalue weighted by atomic mass is 10.1. The van der Waals surface area contributed by atoms with E-state index >= 15 is 0 Å². The van der Waals surface area contributed by atoms with Crippen molar-refractivity contribution in [2.75, 3.05) is 7.11 Å². The minimum Gasteiger partial charge on any atom is -0.504 e. The molecule has 2 N–H and O–H groups in total. The van der Waals surface area contributed by atoms with Crippen LogP contribution in [-0.2, 0) is 0 Å². The lowest BCUT2D eigenvalue weighted by molar-refractivity contribution is 0.0686. The molecule has 2 rings (SSSR count). The Morgan fingerprint density at radius 1 is 1.44 bits per heavy atom. The van der Waals surface area contributed by atoms with Crippen molar-refractivity contribution in [2.24, 2.45) is 0 Å². The number of phenols is 1. The lowest BCUT2D eigenvalue weighted by Gasteiger charge is -2.06. The quantitative estimate of drug-likeness (QED) is 0.889. The summed E-state index contributed by atoms with van der Waals surface area (Å²) < 4.78 is 9.74. The van der Waals surface area contributed by atoms with Gasteiger partial charge in [-0.25, -0.2) is 4.79 Å². The van der Waals surface area contributed by atoms with E-state index in [0.29, 0.717) is 5.56 Å². The van der Waals surface area contributed by atoms with E-state index in [0.717, 1.165) is 0 Å². The fourth-order valence-electron chi connectivity index (χ4n) is 1.40. The van der Waals surface area contributed by atoms with Crippen molar-refractivity contribution < 1.29 is 24.3 Å². The molecule has 0 unspecified atom stereocenters. The fraction of sp³-hybridized carbons (Fsp3) is 0.0909. The molecule has 0 atom stereocenters. The summed E-state index contributed by atoms with van der Waals surface area (Å²) in [5.41, 5.74) is 0.0892. The van der Waals surface area contributed by atoms with Crippen molar-refractivity contribution in [2.45, 2.75) is 0 Å². The average molecular weight is 270 g/mol. The molecule has 0 radical (unpaired) electrons. The van der Waals surface area contributed by atoms with Gasteiger partial charge in [0.25, 0.3) is 0 Å². The van der Waals surface area contributed by atoms with Gasteiger partial charge in [0, 0.05) is 17.7 Å². The minimum absolute atomic E-state index is 0.134. The number of rotatable bonds is 3. The Morgan fingerprint density at radius 3 is 2.72 bits per heavy atom. The van der Waals surface area contributed by atoms with E-state index in [1.54, 1.807) is 0 Å². The Kier molecular flexibility index (Phi) is 3.12. The van der Waals surface area contributed by atoms with Gasteiger partial charge in [0.1, 0.15) is 0 Å². The maximum absolute atomic E-state index is 10.7. The Hall–Kier alpha value is -2.21. The van der Waals surface area contributed by atoms with Crippen LogP contribution in [0.4, 0.5) is 0 Å². The predicted octanol–water partition coefficient (Wildman–Crippen LogP) is 2.41. The van der Waals surface area contributed by atoms with Crippen LogP contribution in [0.1, 0.15) is 10.5 Å². The van der Waals surface area contributed by atoms with Crippen LogP contribution in [0.2, 0.25) is 5.02 Å². The maximum atomic E-state index is 10.7. The molecule has 1 heterocycles. The van der Waals surface area contributed by atoms with Crippen LogP contribution >= 0.6 is 11.6 Å². The molecule has 1 aromatic carbocycles. The first kappa shape index (κ1) is 12.3. The van der Waals surface area contributed by atoms with Gasteiger partial charge in [-0.15, -0.1) is 0 Å². The third kappa shape index (κ3) is 2.10. The summed E-state index contributed by atoms with van der Waals surface area (Å²) in [6.45, 7) is 0. The SMILES string of the molecule is COc1cc(Cl)c(-c2cc(C(=O)O)no2)cc1O. The van der Waals surface area contributed by atoms with E-state index in [4.69, 9.17) is 26.0 Å². The molecule has 7 heteroatoms. The highest BCUT2D eigenvalue weighted by Gasteiger charge is 2.16. The van der Waals surface area contributed by atoms with Gasteiger partial charge in [-0.1, -0.05) is 16.8 Å². The van der Waals surface area contributed by atoms with Gasteiger partial charge in [0.2, 0.25) is 0 Å². The third-order valence-corrected chi connectivity index (χ3v) is 2.58. The number of benzene rings is 1. The van der Waals surface area contributed by atoms with E-state index < -0.39 is 5.97 Å². The molecular formula is C11H8ClNO5. The van der Waals surface area contributed by atoms with Crippen LogP contribution in [0.3, 0.4) is 0 Å². The molecule has 0 aliphatic carbocycles. The molecule has 0 fully saturated rings. The van der Waals surface area contributed by atoms with Crippen LogP contribution in [0, 0.1) is 0 Å². The van der Waals surface area contributed by atoms with E-state index in [1.807, 2.05) is 0 Å². The Balaban J connectivity index is 2.50. The van der Waals surface area contributed by atoms with Gasteiger partial charge in [-0.3, -0.25) is 0 Å². The zero-order valence-corrected chi connectivity index (χ0v) is 9.93. The Labute approximate surface area is 106 Å². The monoisotopic (exact) mass is 269 g/mol. The van der Waals surface area contributed by atoms with Crippen LogP contribution in [0.15, 0.2) is 22.7 Å². The van der Waals surface area contributed by atoms with Crippen LogP contribution < -0.4 is 4.74 Å². The summed E-state index contributed by atoms with van der Waals surface area (Å²) in [6.07, 6.45) is 0. The number of methoxy groups -OCH3 is 1. The van der Waals surface area contributed by atoms with Gasteiger partial charge in [0.05, 0.1) is 12.1 Å². The highest BCUT2D eigenvalue weighted by molar-refractivity contribution is 6.33. The van der Waals surface area contributed by atoms with E-state index in [2.05, 4.69) is 5.16 Å². The number of aromatic hydroxyl groups is 1. The normalized spacial score (nSPS) is 10.3. The number of ether oxygens (including phenoxy) is 1. The number of hydrogen-bond donors (Lipinski definition) is 2. The molecule has 0 bridgehead atoms. The number of aromatic carboxylic acids is 1. The Bertz CT molecular complexity index is 607. The van der Waals surface area contributed by atoms with Crippen molar-refractivity contribution in [3.05, 3.63) is 28.9 Å². The second kappa shape index (κ2) is 4.58. The average Bonchev–Trinajstić information content (AvgIpc) is 2.81. The Morgan fingerprint density at radius 2 is 2.17 bits per heavy atom. The molecule has 0 aliphatic heterocycles. The number of halogens is 1. The first-order chi connectivity index (χ1) is 8.52. The van der Waals surface area contributed by atoms with Gasteiger partial charge in [0.15, 0.2) is 23.0 Å². The molecule has 18 heavy (non-hydrogen) atoms. The van der Waals surface area contributed by atoms with E-state index in [9.17, 15) is 9.90 Å². The minimum atomic E-state index is -1.21. The summed E-state index contributed by atoms with van der Waals surface area (Å²) in [5, 5.41) is 22.0. The third-order valence-electron chi connectivity index (χ3n) is 2.26. The number of carboxylic acid groups (broad SMARTS) is 1. The highest BCUT2D eigenvalue weighted by atomic mass is 35.5. The zero-order valence-electron chi connectivity index (χ0n) is 9.18. The number of nitrogens with zero attached hydrogens (tertiary/aromatic N) is 1. The molecule has 6 nitrogen and oxygen atoms in total. The number of carbonyl (C=O) groups is 1. The molecular weight excluding hydrogens is 262 g/mol. The van der Waals surface area contributed by atoms with Crippen LogP contribution in [0.25, 0.3) is 11.3 Å². The number of carboxylic acids is 1. The summed E-state index contributed by atoms with van der Waals surface area (Å²) in [5.74, 6) is -0.985. The topological polar surface area (TPSA) is 92.8 Å². The van der Waals surface area contributed by atoms with Gasteiger partial charge < -0.3 is 19.5 Å². The predicted molar refractivity (Wildman–Crippen MR) is 62.1 cm³/mol. The molecule has 0 aliphatic rings. The highest BCUT2D eigenvalue weighted by Crippen LogP contribution is 2.37. The van der Waals surface area contributed by atoms with Crippen molar-refractivity contribution in [1.82, 2.24) is 5.16 Å².